The normalized spacial score (nSPS) is 20.0. The summed E-state index contributed by atoms with van der Waals surface area (Å²) in [6, 6.07) is 11.7. The highest BCUT2D eigenvalue weighted by Crippen LogP contribution is 2.61. The summed E-state index contributed by atoms with van der Waals surface area (Å²) in [6.07, 6.45) is -0.507. The lowest BCUT2D eigenvalue weighted by Gasteiger charge is -2.47. The van der Waals surface area contributed by atoms with Crippen molar-refractivity contribution < 1.29 is 46.2 Å². The number of halogens is 3. The minimum atomic E-state index is -3.99. The van der Waals surface area contributed by atoms with E-state index in [1.165, 1.54) is 55.6 Å². The Morgan fingerprint density at radius 3 is 2.35 bits per heavy atom. The van der Waals surface area contributed by atoms with Crippen LogP contribution in [0.3, 0.4) is 0 Å². The standard InChI is InChI=1S/C36H38Cl2FN3O9S/c1-6-35(7-2,32(44)41-52(5,47)48)51-29-13-10-21(37)16-25(29)27-19-30(43)40-31(24-18-23(39)11-8-20(24)3)36(27)26-12-9-22(38)17-28(26)42(33(36)45)34(46)50-15-14-49-4/h8-13,16-18,27,31H,6-7,14-15,19H2,1-5H3,(H,40,43)(H,41,44). The Labute approximate surface area is 310 Å². The Morgan fingerprint density at radius 1 is 1.02 bits per heavy atom. The number of sulfonamides is 1. The minimum absolute atomic E-state index is 0.0231. The number of carbonyl (C=O) groups excluding carboxylic acids is 4. The average Bonchev–Trinajstić information content (AvgIpc) is 3.32. The Balaban J connectivity index is 1.83. The first-order chi connectivity index (χ1) is 24.5. The molecule has 2 aliphatic heterocycles. The fourth-order valence-electron chi connectivity index (χ4n) is 7.12. The van der Waals surface area contributed by atoms with Gasteiger partial charge in [-0.05, 0) is 78.9 Å². The molecule has 12 nitrogen and oxygen atoms in total. The van der Waals surface area contributed by atoms with E-state index in [2.05, 4.69) is 5.32 Å². The molecule has 0 saturated carbocycles. The first-order valence-corrected chi connectivity index (χ1v) is 19.0. The van der Waals surface area contributed by atoms with Crippen LogP contribution in [0.15, 0.2) is 54.6 Å². The van der Waals surface area contributed by atoms with Gasteiger partial charge in [0.2, 0.25) is 21.8 Å². The molecule has 0 aromatic heterocycles. The maximum absolute atomic E-state index is 15.4. The zero-order valence-electron chi connectivity index (χ0n) is 29.0. The molecule has 0 radical (unpaired) electrons. The highest BCUT2D eigenvalue weighted by molar-refractivity contribution is 7.89. The molecule has 52 heavy (non-hydrogen) atoms. The maximum atomic E-state index is 15.4. The Morgan fingerprint density at radius 2 is 1.69 bits per heavy atom. The molecule has 16 heteroatoms. The molecule has 1 fully saturated rings. The number of anilines is 1. The van der Waals surface area contributed by atoms with Gasteiger partial charge in [-0.25, -0.2) is 27.2 Å². The number of piperidine rings is 1. The number of rotatable bonds is 11. The third-order valence-electron chi connectivity index (χ3n) is 9.64. The van der Waals surface area contributed by atoms with Gasteiger partial charge in [0.25, 0.3) is 5.91 Å². The molecule has 278 valence electrons. The molecule has 5 rings (SSSR count). The van der Waals surface area contributed by atoms with E-state index < -0.39 is 62.6 Å². The summed E-state index contributed by atoms with van der Waals surface area (Å²) in [5.41, 5.74) is -2.29. The van der Waals surface area contributed by atoms with Crippen LogP contribution in [0.1, 0.15) is 67.3 Å². The quantitative estimate of drug-likeness (QED) is 0.228. The van der Waals surface area contributed by atoms with Gasteiger partial charge in [0.1, 0.15) is 23.6 Å². The summed E-state index contributed by atoms with van der Waals surface area (Å²) in [6.45, 7) is 4.84. The van der Waals surface area contributed by atoms with Gasteiger partial charge in [0.05, 0.1) is 24.6 Å². The van der Waals surface area contributed by atoms with Gasteiger partial charge in [0, 0.05) is 35.1 Å². The summed E-state index contributed by atoms with van der Waals surface area (Å²) < 4.78 is 58.3. The highest BCUT2D eigenvalue weighted by Gasteiger charge is 2.65. The lowest BCUT2D eigenvalue weighted by atomic mass is 9.58. The molecule has 0 bridgehead atoms. The minimum Gasteiger partial charge on any atom is -0.477 e. The summed E-state index contributed by atoms with van der Waals surface area (Å²) in [7, 11) is -2.57. The van der Waals surface area contributed by atoms with Gasteiger partial charge in [-0.1, -0.05) is 49.2 Å². The summed E-state index contributed by atoms with van der Waals surface area (Å²) >= 11 is 13.0. The number of hydrogen-bond donors (Lipinski definition) is 2. The zero-order chi connectivity index (χ0) is 38.2. The van der Waals surface area contributed by atoms with Crippen molar-refractivity contribution in [2.24, 2.45) is 0 Å². The van der Waals surface area contributed by atoms with E-state index in [9.17, 15) is 22.8 Å². The predicted molar refractivity (Wildman–Crippen MR) is 192 cm³/mol. The van der Waals surface area contributed by atoms with Crippen LogP contribution in [0.25, 0.3) is 0 Å². The molecule has 3 aromatic carbocycles. The number of methoxy groups -OCH3 is 1. The second-order valence-corrected chi connectivity index (χ2v) is 15.3. The maximum Gasteiger partial charge on any atom is 0.421 e. The van der Waals surface area contributed by atoms with Crippen molar-refractivity contribution in [3.05, 3.63) is 92.7 Å². The van der Waals surface area contributed by atoms with Crippen molar-refractivity contribution in [3.8, 4) is 5.75 Å². The zero-order valence-corrected chi connectivity index (χ0v) is 31.4. The molecule has 0 aliphatic carbocycles. The second kappa shape index (κ2) is 15.0. The SMILES string of the molecule is CCC(CC)(Oc1ccc(Cl)cc1C1CC(=O)NC(c2cc(F)ccc2C)C12C(=O)N(C(=O)OCCOC)c1cc(Cl)ccc12)C(=O)NS(C)(=O)=O. The van der Waals surface area contributed by atoms with E-state index in [1.807, 2.05) is 4.72 Å². The molecular formula is C36H38Cl2FN3O9S. The number of nitrogens with zero attached hydrogens (tertiary/aromatic N) is 1. The molecule has 3 unspecified atom stereocenters. The van der Waals surface area contributed by atoms with Crippen molar-refractivity contribution in [2.75, 3.05) is 31.5 Å². The van der Waals surface area contributed by atoms with E-state index in [-0.39, 0.29) is 70.6 Å². The number of hydrogen-bond acceptors (Lipinski definition) is 9. The monoisotopic (exact) mass is 777 g/mol. The topological polar surface area (TPSA) is 157 Å². The number of nitrogens with one attached hydrogen (secondary N) is 2. The van der Waals surface area contributed by atoms with Gasteiger partial charge in [0.15, 0.2) is 5.60 Å². The van der Waals surface area contributed by atoms with E-state index in [1.54, 1.807) is 26.8 Å². The van der Waals surface area contributed by atoms with Gasteiger partial charge in [-0.3, -0.25) is 14.4 Å². The predicted octanol–water partition coefficient (Wildman–Crippen LogP) is 5.87. The fraction of sp³-hybridized carbons (Fsp3) is 0.389. The molecule has 3 aromatic rings. The molecule has 4 amide bonds. The van der Waals surface area contributed by atoms with Crippen LogP contribution in [0.4, 0.5) is 14.9 Å². The lowest BCUT2D eigenvalue weighted by Crippen LogP contribution is -2.59. The van der Waals surface area contributed by atoms with E-state index in [4.69, 9.17) is 37.4 Å². The number of imide groups is 1. The Hall–Kier alpha value is -4.24. The first kappa shape index (κ1) is 39.0. The molecule has 1 saturated heterocycles. The highest BCUT2D eigenvalue weighted by atomic mass is 35.5. The summed E-state index contributed by atoms with van der Waals surface area (Å²) in [5.74, 6) is -4.06. The van der Waals surface area contributed by atoms with Gasteiger partial charge < -0.3 is 19.5 Å². The van der Waals surface area contributed by atoms with E-state index >= 15 is 9.18 Å². The van der Waals surface area contributed by atoms with Crippen molar-refractivity contribution in [2.45, 2.75) is 63.0 Å². The van der Waals surface area contributed by atoms with Gasteiger partial charge >= 0.3 is 6.09 Å². The fourth-order valence-corrected chi connectivity index (χ4v) is 7.99. The largest absolute Gasteiger partial charge is 0.477 e. The summed E-state index contributed by atoms with van der Waals surface area (Å²) in [5, 5.41) is 3.28. The van der Waals surface area contributed by atoms with Crippen LogP contribution in [-0.2, 0) is 39.3 Å². The van der Waals surface area contributed by atoms with E-state index in [0.717, 1.165) is 11.2 Å². The van der Waals surface area contributed by atoms with Crippen LogP contribution < -0.4 is 19.7 Å². The molecule has 1 spiro atoms. The molecule has 2 aliphatic rings. The number of aryl methyl sites for hydroxylation is 1. The van der Waals surface area contributed by atoms with Crippen LogP contribution in [-0.4, -0.2) is 64.4 Å². The first-order valence-electron chi connectivity index (χ1n) is 16.4. The Kier molecular flexibility index (Phi) is 11.3. The van der Waals surface area contributed by atoms with Crippen LogP contribution in [0, 0.1) is 12.7 Å². The third kappa shape index (κ3) is 7.08. The van der Waals surface area contributed by atoms with Crippen molar-refractivity contribution in [1.29, 1.82) is 0 Å². The second-order valence-electron chi connectivity index (χ2n) is 12.7. The van der Waals surface area contributed by atoms with Crippen molar-refractivity contribution >= 4 is 62.7 Å². The third-order valence-corrected chi connectivity index (χ3v) is 10.7. The average molecular weight is 779 g/mol. The number of ether oxygens (including phenoxy) is 3. The van der Waals surface area contributed by atoms with Crippen molar-refractivity contribution in [1.82, 2.24) is 10.0 Å². The molecule has 3 atom stereocenters. The summed E-state index contributed by atoms with van der Waals surface area (Å²) in [4.78, 5) is 57.3. The lowest BCUT2D eigenvalue weighted by molar-refractivity contribution is -0.136. The van der Waals surface area contributed by atoms with Gasteiger partial charge in [-0.15, -0.1) is 0 Å². The van der Waals surface area contributed by atoms with Crippen molar-refractivity contribution in [3.63, 3.8) is 0 Å². The smallest absolute Gasteiger partial charge is 0.421 e. The van der Waals surface area contributed by atoms with Gasteiger partial charge in [-0.2, -0.15) is 0 Å². The molecule has 2 heterocycles. The molecule has 2 N–H and O–H groups in total. The Bertz CT molecular complexity index is 2040. The van der Waals surface area contributed by atoms with Crippen LogP contribution in [0.2, 0.25) is 10.0 Å². The molecular weight excluding hydrogens is 740 g/mol. The van der Waals surface area contributed by atoms with Crippen LogP contribution >= 0.6 is 23.2 Å². The number of benzene rings is 3. The van der Waals surface area contributed by atoms with E-state index in [0.29, 0.717) is 5.56 Å². The van der Waals surface area contributed by atoms with Crippen LogP contribution in [0.5, 0.6) is 5.75 Å². The number of carbonyl (C=O) groups is 4. The number of amides is 4. The number of fused-ring (bicyclic) bond motifs is 2.